The van der Waals surface area contributed by atoms with Gasteiger partial charge in [-0.15, -0.1) is 0 Å². The maximum absolute atomic E-state index is 9.11. The number of benzene rings is 1. The lowest BCUT2D eigenvalue weighted by Crippen LogP contribution is -2.21. The van der Waals surface area contributed by atoms with Gasteiger partial charge in [0.05, 0.1) is 24.7 Å². The third-order valence-electron chi connectivity index (χ3n) is 3.43. The number of aromatic nitrogens is 2. The number of ether oxygens (including phenoxy) is 1. The maximum Gasteiger partial charge on any atom is 0.136 e. The van der Waals surface area contributed by atoms with Crippen LogP contribution in [-0.4, -0.2) is 22.7 Å². The van der Waals surface area contributed by atoms with Crippen molar-refractivity contribution in [1.82, 2.24) is 9.55 Å². The van der Waals surface area contributed by atoms with Crippen molar-refractivity contribution in [2.75, 3.05) is 7.11 Å². The van der Waals surface area contributed by atoms with Gasteiger partial charge in [0.1, 0.15) is 11.8 Å². The van der Waals surface area contributed by atoms with Gasteiger partial charge < -0.3 is 15.0 Å². The van der Waals surface area contributed by atoms with Crippen LogP contribution >= 0.6 is 0 Å². The van der Waals surface area contributed by atoms with E-state index in [1.165, 1.54) is 0 Å². The Morgan fingerprint density at radius 2 is 2.29 bits per heavy atom. The van der Waals surface area contributed by atoms with Gasteiger partial charge in [0.2, 0.25) is 0 Å². The summed E-state index contributed by atoms with van der Waals surface area (Å²) in [7, 11) is 1.56. The fourth-order valence-electron chi connectivity index (χ4n) is 2.16. The first-order valence-corrected chi connectivity index (χ1v) is 6.99. The van der Waals surface area contributed by atoms with Crippen LogP contribution in [0.4, 0.5) is 0 Å². The van der Waals surface area contributed by atoms with Gasteiger partial charge in [-0.25, -0.2) is 4.98 Å². The van der Waals surface area contributed by atoms with Crippen molar-refractivity contribution in [2.24, 2.45) is 5.73 Å². The fourth-order valence-corrected chi connectivity index (χ4v) is 2.16. The molecule has 0 aliphatic carbocycles. The van der Waals surface area contributed by atoms with Crippen LogP contribution in [0.15, 0.2) is 30.7 Å². The Morgan fingerprint density at radius 1 is 1.48 bits per heavy atom. The zero-order chi connectivity index (χ0) is 15.2. The molecule has 2 aromatic rings. The number of nitrogens with zero attached hydrogens (tertiary/aromatic N) is 3. The minimum Gasteiger partial charge on any atom is -0.495 e. The van der Waals surface area contributed by atoms with Gasteiger partial charge in [-0.1, -0.05) is 13.0 Å². The summed E-state index contributed by atoms with van der Waals surface area (Å²) in [4.78, 5) is 4.37. The van der Waals surface area contributed by atoms with E-state index in [2.05, 4.69) is 18.0 Å². The van der Waals surface area contributed by atoms with Crippen molar-refractivity contribution in [1.29, 1.82) is 5.26 Å². The molecule has 1 heterocycles. The fraction of sp³-hybridized carbons (Fsp3) is 0.375. The predicted octanol–water partition coefficient (Wildman–Crippen LogP) is 2.09. The summed E-state index contributed by atoms with van der Waals surface area (Å²) in [5, 5.41) is 9.11. The Bertz CT molecular complexity index is 642. The normalized spacial score (nSPS) is 11.9. The predicted molar refractivity (Wildman–Crippen MR) is 81.0 cm³/mol. The van der Waals surface area contributed by atoms with Gasteiger partial charge in [0, 0.05) is 25.2 Å². The zero-order valence-electron chi connectivity index (χ0n) is 12.4. The number of hydrogen-bond acceptors (Lipinski definition) is 4. The Morgan fingerprint density at radius 3 is 2.95 bits per heavy atom. The molecule has 5 heteroatoms. The molecular formula is C16H20N4O. The molecule has 21 heavy (non-hydrogen) atoms. The van der Waals surface area contributed by atoms with Crippen LogP contribution in [0.25, 0.3) is 0 Å². The first-order valence-electron chi connectivity index (χ1n) is 6.99. The smallest absolute Gasteiger partial charge is 0.136 e. The second-order valence-electron chi connectivity index (χ2n) is 5.06. The van der Waals surface area contributed by atoms with Crippen LogP contribution in [0, 0.1) is 11.3 Å². The Labute approximate surface area is 125 Å². The molecule has 110 valence electrons. The lowest BCUT2D eigenvalue weighted by atomic mass is 10.1. The number of rotatable bonds is 6. The molecule has 2 rings (SSSR count). The Hall–Kier alpha value is -2.32. The molecule has 5 nitrogen and oxygen atoms in total. The number of nitrogens with two attached hydrogens (primary N) is 1. The molecule has 1 aromatic carbocycles. The quantitative estimate of drug-likeness (QED) is 0.881. The largest absolute Gasteiger partial charge is 0.495 e. The van der Waals surface area contributed by atoms with Gasteiger partial charge in [0.15, 0.2) is 0 Å². The van der Waals surface area contributed by atoms with Crippen molar-refractivity contribution in [3.05, 3.63) is 47.5 Å². The molecule has 0 saturated carbocycles. The van der Waals surface area contributed by atoms with E-state index in [0.29, 0.717) is 17.9 Å². The molecule has 0 spiro atoms. The second kappa shape index (κ2) is 6.91. The summed E-state index contributed by atoms with van der Waals surface area (Å²) in [6.45, 7) is 2.75. The third-order valence-corrected chi connectivity index (χ3v) is 3.43. The van der Waals surface area contributed by atoms with Crippen LogP contribution < -0.4 is 10.5 Å². The average Bonchev–Trinajstić information content (AvgIpc) is 2.93. The lowest BCUT2D eigenvalue weighted by Gasteiger charge is -2.07. The molecule has 0 aliphatic rings. The molecule has 0 fully saturated rings. The molecule has 0 radical (unpaired) electrons. The highest BCUT2D eigenvalue weighted by atomic mass is 16.5. The van der Waals surface area contributed by atoms with Crippen LogP contribution in [-0.2, 0) is 13.0 Å². The third kappa shape index (κ3) is 3.83. The summed E-state index contributed by atoms with van der Waals surface area (Å²) in [5.41, 5.74) is 8.52. The topological polar surface area (TPSA) is 76.9 Å². The Kier molecular flexibility index (Phi) is 4.96. The molecular weight excluding hydrogens is 264 g/mol. The standard InChI is InChI=1S/C16H20N4O/c1-3-14(18)7-15-10-20(11-19-15)9-12-4-5-16(21-2)13(6-12)8-17/h4-6,10-11,14H,3,7,9,18H2,1-2H3. The van der Waals surface area contributed by atoms with Crippen molar-refractivity contribution in [3.63, 3.8) is 0 Å². The van der Waals surface area contributed by atoms with Gasteiger partial charge >= 0.3 is 0 Å². The van der Waals surface area contributed by atoms with E-state index in [1.54, 1.807) is 13.4 Å². The van der Waals surface area contributed by atoms with Gasteiger partial charge in [-0.05, 0) is 24.1 Å². The number of methoxy groups -OCH3 is 1. The van der Waals surface area contributed by atoms with Gasteiger partial charge in [-0.2, -0.15) is 5.26 Å². The number of nitriles is 1. The molecule has 0 amide bonds. The summed E-state index contributed by atoms with van der Waals surface area (Å²) >= 11 is 0. The molecule has 0 aliphatic heterocycles. The number of imidazole rings is 1. The highest BCUT2D eigenvalue weighted by Gasteiger charge is 2.07. The molecule has 0 saturated heterocycles. The highest BCUT2D eigenvalue weighted by Crippen LogP contribution is 2.19. The lowest BCUT2D eigenvalue weighted by molar-refractivity contribution is 0.413. The van der Waals surface area contributed by atoms with E-state index in [0.717, 1.165) is 24.1 Å². The van der Waals surface area contributed by atoms with E-state index >= 15 is 0 Å². The van der Waals surface area contributed by atoms with Gasteiger partial charge in [-0.3, -0.25) is 0 Å². The molecule has 2 N–H and O–H groups in total. The van der Waals surface area contributed by atoms with Gasteiger partial charge in [0.25, 0.3) is 0 Å². The van der Waals surface area contributed by atoms with E-state index in [-0.39, 0.29) is 6.04 Å². The van der Waals surface area contributed by atoms with E-state index < -0.39 is 0 Å². The van der Waals surface area contributed by atoms with E-state index in [9.17, 15) is 0 Å². The second-order valence-corrected chi connectivity index (χ2v) is 5.06. The van der Waals surface area contributed by atoms with Crippen molar-refractivity contribution < 1.29 is 4.74 Å². The molecule has 1 atom stereocenters. The van der Waals surface area contributed by atoms with Crippen molar-refractivity contribution in [2.45, 2.75) is 32.4 Å². The van der Waals surface area contributed by atoms with Crippen LogP contribution in [0.5, 0.6) is 5.75 Å². The monoisotopic (exact) mass is 284 g/mol. The summed E-state index contributed by atoms with van der Waals surface area (Å²) < 4.78 is 7.15. The minimum absolute atomic E-state index is 0.152. The SMILES string of the molecule is CCC(N)Cc1cn(Cc2ccc(OC)c(C#N)c2)cn1. The summed E-state index contributed by atoms with van der Waals surface area (Å²) in [5.74, 6) is 0.599. The van der Waals surface area contributed by atoms with Crippen LogP contribution in [0.3, 0.4) is 0 Å². The highest BCUT2D eigenvalue weighted by molar-refractivity contribution is 5.45. The minimum atomic E-state index is 0.152. The summed E-state index contributed by atoms with van der Waals surface area (Å²) in [6.07, 6.45) is 5.53. The van der Waals surface area contributed by atoms with E-state index in [4.69, 9.17) is 15.7 Å². The van der Waals surface area contributed by atoms with Crippen molar-refractivity contribution >= 4 is 0 Å². The van der Waals surface area contributed by atoms with E-state index in [1.807, 2.05) is 29.0 Å². The molecule has 1 unspecified atom stereocenters. The summed E-state index contributed by atoms with van der Waals surface area (Å²) in [6, 6.07) is 7.91. The average molecular weight is 284 g/mol. The first-order chi connectivity index (χ1) is 10.2. The Balaban J connectivity index is 2.10. The van der Waals surface area contributed by atoms with Crippen molar-refractivity contribution in [3.8, 4) is 11.8 Å². The first kappa shape index (κ1) is 15.1. The van der Waals surface area contributed by atoms with Crippen LogP contribution in [0.1, 0.15) is 30.2 Å². The zero-order valence-corrected chi connectivity index (χ0v) is 12.4. The maximum atomic E-state index is 9.11. The number of hydrogen-bond donors (Lipinski definition) is 1. The molecule has 1 aromatic heterocycles. The van der Waals surface area contributed by atoms with Crippen LogP contribution in [0.2, 0.25) is 0 Å². The molecule has 0 bridgehead atoms.